The Kier molecular flexibility index (Phi) is 2.67. The van der Waals surface area contributed by atoms with E-state index < -0.39 is 6.10 Å². The minimum atomic E-state index is -0.540. The number of ether oxygens (including phenoxy) is 1. The Hall–Kier alpha value is -1.64. The smallest absolute Gasteiger partial charge is 0.119 e. The Morgan fingerprint density at radius 2 is 1.47 bits per heavy atom. The number of hydrogen-bond acceptors (Lipinski definition) is 2. The average Bonchev–Trinajstić information content (AvgIpc) is 3.20. The molecule has 2 aromatic carbocycles. The second-order valence-corrected chi connectivity index (χ2v) is 4.29. The van der Waals surface area contributed by atoms with Gasteiger partial charge in [-0.05, 0) is 11.1 Å². The molecule has 1 heterocycles. The van der Waals surface area contributed by atoms with E-state index in [-0.39, 0.29) is 12.2 Å². The fourth-order valence-corrected chi connectivity index (χ4v) is 2.11. The van der Waals surface area contributed by atoms with Crippen LogP contribution in [0.5, 0.6) is 0 Å². The number of benzene rings is 2. The molecule has 0 radical (unpaired) electrons. The summed E-state index contributed by atoms with van der Waals surface area (Å²) in [5.74, 6) is 0. The molecule has 1 fully saturated rings. The Balaban J connectivity index is 1.73. The Morgan fingerprint density at radius 3 is 2.12 bits per heavy atom. The van der Waals surface area contributed by atoms with E-state index in [1.54, 1.807) is 0 Å². The zero-order valence-corrected chi connectivity index (χ0v) is 9.36. The first-order valence-corrected chi connectivity index (χ1v) is 5.79. The van der Waals surface area contributed by atoms with Gasteiger partial charge in [0.25, 0.3) is 0 Å². The van der Waals surface area contributed by atoms with Crippen molar-refractivity contribution in [2.24, 2.45) is 0 Å². The average molecular weight is 226 g/mol. The lowest BCUT2D eigenvalue weighted by atomic mass is 10.0. The second-order valence-electron chi connectivity index (χ2n) is 4.29. The van der Waals surface area contributed by atoms with Crippen molar-refractivity contribution in [1.82, 2.24) is 0 Å². The minimum Gasteiger partial charge on any atom is -0.386 e. The largest absolute Gasteiger partial charge is 0.386 e. The lowest BCUT2D eigenvalue weighted by Gasteiger charge is -2.07. The summed E-state index contributed by atoms with van der Waals surface area (Å²) in [6.45, 7) is 0. The fraction of sp³-hybridized carbons (Fsp3) is 0.200. The van der Waals surface area contributed by atoms with Gasteiger partial charge in [0.05, 0.1) is 0 Å². The van der Waals surface area contributed by atoms with Crippen molar-refractivity contribution in [2.45, 2.75) is 18.3 Å². The fourth-order valence-electron chi connectivity index (χ4n) is 2.11. The van der Waals surface area contributed by atoms with Gasteiger partial charge in [0.2, 0.25) is 0 Å². The van der Waals surface area contributed by atoms with Gasteiger partial charge in [0.15, 0.2) is 0 Å². The van der Waals surface area contributed by atoms with Gasteiger partial charge in [-0.1, -0.05) is 60.7 Å². The van der Waals surface area contributed by atoms with Crippen molar-refractivity contribution >= 4 is 0 Å². The van der Waals surface area contributed by atoms with Crippen LogP contribution in [-0.4, -0.2) is 11.2 Å². The summed E-state index contributed by atoms with van der Waals surface area (Å²) in [4.78, 5) is 0. The molecule has 3 atom stereocenters. The minimum absolute atomic E-state index is 0.0337. The van der Waals surface area contributed by atoms with Crippen LogP contribution in [0.4, 0.5) is 0 Å². The zero-order valence-electron chi connectivity index (χ0n) is 9.36. The monoisotopic (exact) mass is 226 g/mol. The molecule has 2 heteroatoms. The van der Waals surface area contributed by atoms with Crippen LogP contribution >= 0.6 is 0 Å². The van der Waals surface area contributed by atoms with E-state index in [2.05, 4.69) is 0 Å². The quantitative estimate of drug-likeness (QED) is 0.816. The zero-order chi connectivity index (χ0) is 11.7. The maximum absolute atomic E-state index is 10.2. The Bertz CT molecular complexity index is 481. The van der Waals surface area contributed by atoms with Crippen LogP contribution in [0.2, 0.25) is 0 Å². The van der Waals surface area contributed by atoms with Gasteiger partial charge in [-0.15, -0.1) is 0 Å². The molecule has 86 valence electrons. The van der Waals surface area contributed by atoms with Gasteiger partial charge in [0, 0.05) is 0 Å². The van der Waals surface area contributed by atoms with Crippen molar-refractivity contribution < 1.29 is 9.84 Å². The Labute approximate surface area is 100 Å². The summed E-state index contributed by atoms with van der Waals surface area (Å²) in [6, 6.07) is 19.7. The summed E-state index contributed by atoms with van der Waals surface area (Å²) in [5.41, 5.74) is 2.04. The summed E-state index contributed by atoms with van der Waals surface area (Å²) in [6.07, 6.45) is -0.618. The third kappa shape index (κ3) is 2.09. The van der Waals surface area contributed by atoms with E-state index in [0.29, 0.717) is 0 Å². The van der Waals surface area contributed by atoms with Crippen LogP contribution in [0.25, 0.3) is 0 Å². The molecule has 1 saturated heterocycles. The molecule has 3 rings (SSSR count). The van der Waals surface area contributed by atoms with Crippen LogP contribution in [-0.2, 0) is 4.74 Å². The highest BCUT2D eigenvalue weighted by atomic mass is 16.6. The predicted octanol–water partition coefficient (Wildman–Crippen LogP) is 2.86. The molecule has 0 aliphatic carbocycles. The normalized spacial score (nSPS) is 24.3. The molecule has 0 aromatic heterocycles. The van der Waals surface area contributed by atoms with Gasteiger partial charge >= 0.3 is 0 Å². The van der Waals surface area contributed by atoms with E-state index in [4.69, 9.17) is 4.74 Å². The third-order valence-corrected chi connectivity index (χ3v) is 3.11. The molecule has 17 heavy (non-hydrogen) atoms. The van der Waals surface area contributed by atoms with Crippen molar-refractivity contribution in [3.63, 3.8) is 0 Å². The van der Waals surface area contributed by atoms with E-state index in [1.807, 2.05) is 60.7 Å². The molecule has 1 N–H and O–H groups in total. The summed E-state index contributed by atoms with van der Waals surface area (Å²) >= 11 is 0. The maximum atomic E-state index is 10.2. The molecule has 1 aliphatic rings. The molecule has 0 unspecified atom stereocenters. The highest BCUT2D eigenvalue weighted by Gasteiger charge is 2.45. The lowest BCUT2D eigenvalue weighted by molar-refractivity contribution is 0.137. The van der Waals surface area contributed by atoms with Gasteiger partial charge in [0.1, 0.15) is 18.3 Å². The van der Waals surface area contributed by atoms with E-state index in [0.717, 1.165) is 11.1 Å². The van der Waals surface area contributed by atoms with Crippen molar-refractivity contribution in [3.05, 3.63) is 71.8 Å². The molecule has 0 amide bonds. The number of epoxide rings is 1. The standard InChI is InChI=1S/C15H14O2/c16-13(11-7-3-1-4-8-11)15-14(17-15)12-9-5-2-6-10-12/h1-10,13-16H/t13-,14-,15-/m1/s1. The van der Waals surface area contributed by atoms with Crippen LogP contribution < -0.4 is 0 Å². The molecular formula is C15H14O2. The maximum Gasteiger partial charge on any atom is 0.119 e. The van der Waals surface area contributed by atoms with Gasteiger partial charge in [-0.3, -0.25) is 0 Å². The molecule has 2 aromatic rings. The van der Waals surface area contributed by atoms with Crippen LogP contribution in [0.1, 0.15) is 23.3 Å². The highest BCUT2D eigenvalue weighted by Crippen LogP contribution is 2.45. The Morgan fingerprint density at radius 1 is 0.882 bits per heavy atom. The number of hydrogen-bond donors (Lipinski definition) is 1. The third-order valence-electron chi connectivity index (χ3n) is 3.11. The number of rotatable bonds is 3. The topological polar surface area (TPSA) is 32.8 Å². The first-order chi connectivity index (χ1) is 8.36. The second kappa shape index (κ2) is 4.32. The van der Waals surface area contributed by atoms with E-state index >= 15 is 0 Å². The number of aliphatic hydroxyl groups excluding tert-OH is 1. The van der Waals surface area contributed by atoms with E-state index in [1.165, 1.54) is 0 Å². The first kappa shape index (κ1) is 10.5. The summed E-state index contributed by atoms with van der Waals surface area (Å²) in [5, 5.41) is 10.2. The molecule has 1 aliphatic heterocycles. The van der Waals surface area contributed by atoms with Crippen LogP contribution in [0, 0.1) is 0 Å². The van der Waals surface area contributed by atoms with E-state index in [9.17, 15) is 5.11 Å². The van der Waals surface area contributed by atoms with Crippen molar-refractivity contribution in [3.8, 4) is 0 Å². The molecular weight excluding hydrogens is 212 g/mol. The highest BCUT2D eigenvalue weighted by molar-refractivity contribution is 5.26. The van der Waals surface area contributed by atoms with Crippen LogP contribution in [0.3, 0.4) is 0 Å². The summed E-state index contributed by atoms with van der Waals surface area (Å²) < 4.78 is 5.57. The predicted molar refractivity (Wildman–Crippen MR) is 65.5 cm³/mol. The van der Waals surface area contributed by atoms with Crippen LogP contribution in [0.15, 0.2) is 60.7 Å². The van der Waals surface area contributed by atoms with Gasteiger partial charge < -0.3 is 9.84 Å². The molecule has 0 spiro atoms. The molecule has 0 bridgehead atoms. The molecule has 2 nitrogen and oxygen atoms in total. The van der Waals surface area contributed by atoms with Crippen molar-refractivity contribution in [1.29, 1.82) is 0 Å². The van der Waals surface area contributed by atoms with Gasteiger partial charge in [-0.25, -0.2) is 0 Å². The lowest BCUT2D eigenvalue weighted by Crippen LogP contribution is -2.05. The SMILES string of the molecule is O[C@H](c1ccccc1)[C@H]1O[C@@H]1c1ccccc1. The first-order valence-electron chi connectivity index (χ1n) is 5.79. The molecule has 0 saturated carbocycles. The summed E-state index contributed by atoms with van der Waals surface area (Å²) in [7, 11) is 0. The van der Waals surface area contributed by atoms with Crippen molar-refractivity contribution in [2.75, 3.05) is 0 Å². The number of aliphatic hydroxyl groups is 1. The van der Waals surface area contributed by atoms with Gasteiger partial charge in [-0.2, -0.15) is 0 Å².